The van der Waals surface area contributed by atoms with Crippen LogP contribution in [0.4, 0.5) is 0 Å². The van der Waals surface area contributed by atoms with E-state index in [2.05, 4.69) is 72.7 Å². The van der Waals surface area contributed by atoms with Gasteiger partial charge >= 0.3 is 0 Å². The molecule has 0 amide bonds. The zero-order valence-corrected chi connectivity index (χ0v) is 16.2. The van der Waals surface area contributed by atoms with E-state index in [9.17, 15) is 0 Å². The Morgan fingerprint density at radius 2 is 1.61 bits per heavy atom. The van der Waals surface area contributed by atoms with Gasteiger partial charge in [0.25, 0.3) is 0 Å². The van der Waals surface area contributed by atoms with Gasteiger partial charge in [0.15, 0.2) is 0 Å². The van der Waals surface area contributed by atoms with E-state index in [-0.39, 0.29) is 11.0 Å². The largest absolute Gasteiger partial charge is 0.293 e. The fourth-order valence-corrected chi connectivity index (χ4v) is 5.52. The first kappa shape index (κ1) is 17.0. The molecular weight excluding hydrogens is 282 g/mol. The molecule has 128 valence electrons. The van der Waals surface area contributed by atoms with Gasteiger partial charge in [-0.2, -0.15) is 5.06 Å². The second-order valence-electron chi connectivity index (χ2n) is 9.04. The van der Waals surface area contributed by atoms with Gasteiger partial charge < -0.3 is 0 Å². The molecule has 0 unspecified atom stereocenters. The van der Waals surface area contributed by atoms with Crippen LogP contribution in [-0.4, -0.2) is 23.8 Å². The quantitative estimate of drug-likeness (QED) is 0.728. The first-order chi connectivity index (χ1) is 10.5. The van der Waals surface area contributed by atoms with Crippen LogP contribution in [-0.2, 0) is 10.3 Å². The maximum absolute atomic E-state index is 6.20. The topological polar surface area (TPSA) is 12.5 Å². The van der Waals surface area contributed by atoms with Crippen LogP contribution in [0.2, 0.25) is 0 Å². The Morgan fingerprint density at radius 1 is 1.00 bits per heavy atom. The molecule has 1 saturated heterocycles. The van der Waals surface area contributed by atoms with Crippen molar-refractivity contribution in [3.63, 3.8) is 0 Å². The van der Waals surface area contributed by atoms with Crippen LogP contribution in [0.3, 0.4) is 0 Å². The van der Waals surface area contributed by atoms with Gasteiger partial charge in [0.1, 0.15) is 0 Å². The molecule has 4 atom stereocenters. The lowest BCUT2D eigenvalue weighted by molar-refractivity contribution is -0.182. The van der Waals surface area contributed by atoms with Gasteiger partial charge in [0.05, 0.1) is 5.60 Å². The Balaban J connectivity index is 2.02. The molecule has 0 bridgehead atoms. The molecule has 23 heavy (non-hydrogen) atoms. The van der Waals surface area contributed by atoms with Gasteiger partial charge in [-0.15, -0.1) is 0 Å². The first-order valence-electron chi connectivity index (χ1n) is 9.05. The van der Waals surface area contributed by atoms with Crippen LogP contribution in [0.25, 0.3) is 0 Å². The Morgan fingerprint density at radius 3 is 2.26 bits per heavy atom. The molecule has 0 radical (unpaired) electrons. The Kier molecular flexibility index (Phi) is 3.93. The highest BCUT2D eigenvalue weighted by atomic mass is 16.7. The maximum atomic E-state index is 6.20. The highest BCUT2D eigenvalue weighted by molar-refractivity contribution is 5.41. The summed E-state index contributed by atoms with van der Waals surface area (Å²) in [5.74, 6) is 1.23. The van der Waals surface area contributed by atoms with Crippen molar-refractivity contribution in [1.29, 1.82) is 0 Å². The number of hydrogen-bond donors (Lipinski definition) is 0. The summed E-state index contributed by atoms with van der Waals surface area (Å²) in [5, 5.41) is 2.14. The second kappa shape index (κ2) is 5.32. The fraction of sp³-hybridized carbons (Fsp3) is 0.714. The van der Waals surface area contributed by atoms with Crippen LogP contribution >= 0.6 is 0 Å². The van der Waals surface area contributed by atoms with Crippen molar-refractivity contribution >= 4 is 0 Å². The van der Waals surface area contributed by atoms with Crippen LogP contribution in [0.15, 0.2) is 12.1 Å². The Bertz CT molecular complexity index is 621. The highest BCUT2D eigenvalue weighted by Crippen LogP contribution is 2.53. The predicted octanol–water partition coefficient (Wildman–Crippen LogP) is 4.94. The SMILES string of the molecule is Cc1cc(C)c([C@@]2(C)C[C@@H]3[C@@H]([C@@H](C)C2)N(C)OC3(C)C)cc1C. The molecule has 0 aromatic heterocycles. The van der Waals surface area contributed by atoms with E-state index in [1.54, 1.807) is 5.56 Å². The van der Waals surface area contributed by atoms with Crippen LogP contribution in [0, 0.1) is 32.6 Å². The monoisotopic (exact) mass is 315 g/mol. The summed E-state index contributed by atoms with van der Waals surface area (Å²) in [6, 6.07) is 5.37. The minimum absolute atomic E-state index is 0.0665. The summed E-state index contributed by atoms with van der Waals surface area (Å²) in [6.45, 7) is 16.2. The zero-order chi connectivity index (χ0) is 17.2. The smallest absolute Gasteiger partial charge is 0.0887 e. The van der Waals surface area contributed by atoms with Gasteiger partial charge in [-0.25, -0.2) is 0 Å². The number of fused-ring (bicyclic) bond motifs is 1. The van der Waals surface area contributed by atoms with Crippen LogP contribution in [0.1, 0.15) is 62.8 Å². The third-order valence-electron chi connectivity index (χ3n) is 6.62. The molecule has 2 nitrogen and oxygen atoms in total. The van der Waals surface area contributed by atoms with E-state index in [4.69, 9.17) is 4.84 Å². The van der Waals surface area contributed by atoms with E-state index in [0.29, 0.717) is 17.9 Å². The molecule has 2 fully saturated rings. The molecule has 1 heterocycles. The number of rotatable bonds is 1. The third-order valence-corrected chi connectivity index (χ3v) is 6.62. The minimum atomic E-state index is -0.0665. The van der Waals surface area contributed by atoms with E-state index in [0.717, 1.165) is 0 Å². The summed E-state index contributed by atoms with van der Waals surface area (Å²) in [7, 11) is 2.12. The summed E-state index contributed by atoms with van der Waals surface area (Å²) >= 11 is 0. The minimum Gasteiger partial charge on any atom is -0.293 e. The number of benzene rings is 1. The standard InChI is InChI=1S/C21H33NO/c1-13-9-15(3)17(10-14(13)2)21(7)11-16(4)19-18(12-21)20(5,6)23-22(19)8/h9-10,16,18-19H,11-12H2,1-8H3/t16-,18+,19+,21+/m0/s1. The van der Waals surface area contributed by atoms with Crippen molar-refractivity contribution in [1.82, 2.24) is 5.06 Å². The zero-order valence-electron chi connectivity index (χ0n) is 16.2. The van der Waals surface area contributed by atoms with Crippen molar-refractivity contribution in [2.24, 2.45) is 11.8 Å². The van der Waals surface area contributed by atoms with Gasteiger partial charge in [0.2, 0.25) is 0 Å². The fourth-order valence-electron chi connectivity index (χ4n) is 5.52. The van der Waals surface area contributed by atoms with Crippen LogP contribution < -0.4 is 0 Å². The third kappa shape index (κ3) is 2.64. The second-order valence-corrected chi connectivity index (χ2v) is 9.04. The Labute approximate surface area is 142 Å². The van der Waals surface area contributed by atoms with Gasteiger partial charge in [-0.1, -0.05) is 26.0 Å². The summed E-state index contributed by atoms with van der Waals surface area (Å²) in [6.07, 6.45) is 2.45. The van der Waals surface area contributed by atoms with Crippen molar-refractivity contribution < 1.29 is 4.84 Å². The summed E-state index contributed by atoms with van der Waals surface area (Å²) in [4.78, 5) is 6.20. The van der Waals surface area contributed by atoms with Gasteiger partial charge in [-0.3, -0.25) is 4.84 Å². The normalized spacial score (nSPS) is 37.0. The maximum Gasteiger partial charge on any atom is 0.0887 e. The molecule has 1 aromatic rings. The summed E-state index contributed by atoms with van der Waals surface area (Å²) in [5.41, 5.74) is 6.00. The number of aryl methyl sites for hydroxylation is 3. The van der Waals surface area contributed by atoms with Crippen molar-refractivity contribution in [3.8, 4) is 0 Å². The van der Waals surface area contributed by atoms with Gasteiger partial charge in [-0.05, 0) is 81.0 Å². The molecule has 2 heteroatoms. The van der Waals surface area contributed by atoms with Gasteiger partial charge in [0, 0.05) is 19.0 Å². The van der Waals surface area contributed by atoms with Crippen molar-refractivity contribution in [3.05, 3.63) is 34.4 Å². The number of nitrogens with zero attached hydrogens (tertiary/aromatic N) is 1. The molecule has 1 aromatic carbocycles. The number of hydrogen-bond acceptors (Lipinski definition) is 2. The van der Waals surface area contributed by atoms with Crippen LogP contribution in [0.5, 0.6) is 0 Å². The van der Waals surface area contributed by atoms with E-state index in [1.807, 2.05) is 0 Å². The van der Waals surface area contributed by atoms with Crippen molar-refractivity contribution in [2.75, 3.05) is 7.05 Å². The average Bonchev–Trinajstić information content (AvgIpc) is 2.63. The lowest BCUT2D eigenvalue weighted by atomic mass is 9.58. The molecule has 2 aliphatic rings. The Hall–Kier alpha value is -0.860. The molecular formula is C21H33NO. The molecule has 0 N–H and O–H groups in total. The number of hydroxylamine groups is 2. The average molecular weight is 316 g/mol. The lowest BCUT2D eigenvalue weighted by Crippen LogP contribution is -2.48. The highest BCUT2D eigenvalue weighted by Gasteiger charge is 2.55. The molecule has 1 saturated carbocycles. The summed E-state index contributed by atoms with van der Waals surface area (Å²) < 4.78 is 0. The van der Waals surface area contributed by atoms with E-state index >= 15 is 0 Å². The van der Waals surface area contributed by atoms with E-state index < -0.39 is 0 Å². The first-order valence-corrected chi connectivity index (χ1v) is 9.05. The van der Waals surface area contributed by atoms with E-state index in [1.165, 1.54) is 29.5 Å². The lowest BCUT2D eigenvalue weighted by Gasteiger charge is -2.47. The predicted molar refractivity (Wildman–Crippen MR) is 96.6 cm³/mol. The van der Waals surface area contributed by atoms with Crippen molar-refractivity contribution in [2.45, 2.75) is 78.4 Å². The molecule has 3 rings (SSSR count). The molecule has 1 aliphatic heterocycles. The molecule has 0 spiro atoms. The molecule has 1 aliphatic carbocycles.